The average Bonchev–Trinajstić information content (AvgIpc) is 2.81. The Balaban J connectivity index is 2.12. The highest BCUT2D eigenvalue weighted by molar-refractivity contribution is 6.31. The van der Waals surface area contributed by atoms with Crippen molar-refractivity contribution in [3.8, 4) is 0 Å². The number of aromatic nitrogens is 1. The number of benzene rings is 1. The number of nitrogens with zero attached hydrogens (tertiary/aromatic N) is 1. The smallest absolute Gasteiger partial charge is 0.263 e. The van der Waals surface area contributed by atoms with E-state index < -0.39 is 0 Å². The summed E-state index contributed by atoms with van der Waals surface area (Å²) in [6.07, 6.45) is 1.95. The maximum atomic E-state index is 12.4. The molecule has 90 valence electrons. The molecule has 0 atom stereocenters. The van der Waals surface area contributed by atoms with E-state index in [2.05, 4.69) is 0 Å². The molecule has 3 rings (SSSR count). The maximum absolute atomic E-state index is 12.4. The molecule has 1 aromatic carbocycles. The molecule has 0 bridgehead atoms. The molecule has 0 saturated heterocycles. The van der Waals surface area contributed by atoms with E-state index in [1.54, 1.807) is 16.7 Å². The molecule has 1 aromatic heterocycles. The minimum atomic E-state index is 0.0397. The van der Waals surface area contributed by atoms with Crippen LogP contribution in [0, 0.1) is 13.8 Å². The Morgan fingerprint density at radius 2 is 1.78 bits per heavy atom. The molecule has 1 aliphatic heterocycles. The molecule has 0 amide bonds. The van der Waals surface area contributed by atoms with Crippen molar-refractivity contribution in [1.82, 2.24) is 4.57 Å². The van der Waals surface area contributed by atoms with Crippen LogP contribution in [0.2, 0.25) is 5.02 Å². The Bertz CT molecular complexity index is 677. The van der Waals surface area contributed by atoms with Crippen LogP contribution in [0.4, 0.5) is 0 Å². The summed E-state index contributed by atoms with van der Waals surface area (Å²) >= 11 is 5.86. The van der Waals surface area contributed by atoms with Crippen LogP contribution in [0.3, 0.4) is 0 Å². The SMILES string of the molecule is Cc1cc(C)n2c1C=C(c1ccc(Cl)cc1)C2=O. The van der Waals surface area contributed by atoms with Gasteiger partial charge in [0.25, 0.3) is 5.91 Å². The second-order valence-corrected chi connectivity index (χ2v) is 5.00. The van der Waals surface area contributed by atoms with E-state index in [0.717, 1.165) is 28.1 Å². The van der Waals surface area contributed by atoms with Gasteiger partial charge in [0, 0.05) is 16.3 Å². The third-order valence-electron chi connectivity index (χ3n) is 3.29. The summed E-state index contributed by atoms with van der Waals surface area (Å²) < 4.78 is 1.76. The van der Waals surface area contributed by atoms with Gasteiger partial charge in [-0.2, -0.15) is 0 Å². The van der Waals surface area contributed by atoms with Gasteiger partial charge in [0.15, 0.2) is 0 Å². The topological polar surface area (TPSA) is 22.0 Å². The Morgan fingerprint density at radius 1 is 1.11 bits per heavy atom. The lowest BCUT2D eigenvalue weighted by Crippen LogP contribution is -2.09. The molecule has 0 unspecified atom stereocenters. The van der Waals surface area contributed by atoms with Crippen LogP contribution in [0.5, 0.6) is 0 Å². The first-order valence-electron chi connectivity index (χ1n) is 5.79. The summed E-state index contributed by atoms with van der Waals surface area (Å²) in [4.78, 5) is 12.4. The van der Waals surface area contributed by atoms with Gasteiger partial charge in [0.05, 0.1) is 5.69 Å². The van der Waals surface area contributed by atoms with E-state index >= 15 is 0 Å². The Kier molecular flexibility index (Phi) is 2.42. The summed E-state index contributed by atoms with van der Waals surface area (Å²) in [5.41, 5.74) is 4.74. The monoisotopic (exact) mass is 257 g/mol. The van der Waals surface area contributed by atoms with Gasteiger partial charge in [-0.3, -0.25) is 9.36 Å². The average molecular weight is 258 g/mol. The Morgan fingerprint density at radius 3 is 2.39 bits per heavy atom. The van der Waals surface area contributed by atoms with Crippen molar-refractivity contribution in [3.05, 3.63) is 57.9 Å². The van der Waals surface area contributed by atoms with Crippen molar-refractivity contribution in [1.29, 1.82) is 0 Å². The van der Waals surface area contributed by atoms with Crippen molar-refractivity contribution in [2.24, 2.45) is 0 Å². The molecule has 0 fully saturated rings. The molecule has 2 nitrogen and oxygen atoms in total. The normalized spacial score (nSPS) is 13.7. The van der Waals surface area contributed by atoms with E-state index in [1.165, 1.54) is 0 Å². The number of halogens is 1. The molecule has 0 aliphatic carbocycles. The number of fused-ring (bicyclic) bond motifs is 1. The van der Waals surface area contributed by atoms with Gasteiger partial charge in [0.2, 0.25) is 0 Å². The molecule has 0 saturated carbocycles. The minimum Gasteiger partial charge on any atom is -0.281 e. The lowest BCUT2D eigenvalue weighted by molar-refractivity contribution is 0.0982. The van der Waals surface area contributed by atoms with Gasteiger partial charge >= 0.3 is 0 Å². The molecule has 0 spiro atoms. The number of carbonyl (C=O) groups excluding carboxylic acids is 1. The van der Waals surface area contributed by atoms with Gasteiger partial charge in [0.1, 0.15) is 0 Å². The summed E-state index contributed by atoms with van der Waals surface area (Å²) in [6.45, 7) is 3.97. The number of hydrogen-bond donors (Lipinski definition) is 0. The number of rotatable bonds is 1. The molecular formula is C15H12ClNO. The summed E-state index contributed by atoms with van der Waals surface area (Å²) in [6, 6.07) is 9.39. The molecular weight excluding hydrogens is 246 g/mol. The number of hydrogen-bond acceptors (Lipinski definition) is 1. The van der Waals surface area contributed by atoms with Gasteiger partial charge in [-0.05, 0) is 49.2 Å². The van der Waals surface area contributed by atoms with Gasteiger partial charge < -0.3 is 0 Å². The molecule has 0 radical (unpaired) electrons. The lowest BCUT2D eigenvalue weighted by Gasteiger charge is -2.04. The highest BCUT2D eigenvalue weighted by Crippen LogP contribution is 2.31. The number of allylic oxidation sites excluding steroid dienone is 1. The summed E-state index contributed by atoms with van der Waals surface area (Å²) in [5, 5.41) is 0.678. The zero-order chi connectivity index (χ0) is 12.9. The van der Waals surface area contributed by atoms with Crippen LogP contribution in [0.25, 0.3) is 11.6 Å². The lowest BCUT2D eigenvalue weighted by atomic mass is 10.1. The highest BCUT2D eigenvalue weighted by Gasteiger charge is 2.25. The molecule has 0 N–H and O–H groups in total. The van der Waals surface area contributed by atoms with Crippen molar-refractivity contribution in [3.63, 3.8) is 0 Å². The van der Waals surface area contributed by atoms with Crippen LogP contribution >= 0.6 is 11.6 Å². The van der Waals surface area contributed by atoms with Crippen molar-refractivity contribution in [2.75, 3.05) is 0 Å². The van der Waals surface area contributed by atoms with Crippen LogP contribution in [0.1, 0.15) is 27.3 Å². The summed E-state index contributed by atoms with van der Waals surface area (Å²) in [7, 11) is 0. The molecule has 2 aromatic rings. The maximum Gasteiger partial charge on any atom is 0.263 e. The molecule has 3 heteroatoms. The third kappa shape index (κ3) is 1.53. The first kappa shape index (κ1) is 11.3. The van der Waals surface area contributed by atoms with E-state index in [1.807, 2.05) is 38.1 Å². The van der Waals surface area contributed by atoms with E-state index in [9.17, 15) is 4.79 Å². The second-order valence-electron chi connectivity index (χ2n) is 4.56. The van der Waals surface area contributed by atoms with Crippen LogP contribution < -0.4 is 0 Å². The fourth-order valence-electron chi connectivity index (χ4n) is 2.42. The minimum absolute atomic E-state index is 0.0397. The van der Waals surface area contributed by atoms with Crippen LogP contribution in [-0.4, -0.2) is 10.5 Å². The van der Waals surface area contributed by atoms with Crippen molar-refractivity contribution >= 4 is 29.2 Å². The highest BCUT2D eigenvalue weighted by atomic mass is 35.5. The zero-order valence-electron chi connectivity index (χ0n) is 10.2. The van der Waals surface area contributed by atoms with Crippen molar-refractivity contribution < 1.29 is 4.79 Å². The predicted molar refractivity (Wildman–Crippen MR) is 73.9 cm³/mol. The summed E-state index contributed by atoms with van der Waals surface area (Å²) in [5.74, 6) is 0.0397. The van der Waals surface area contributed by atoms with E-state index in [0.29, 0.717) is 5.02 Å². The van der Waals surface area contributed by atoms with Crippen LogP contribution in [-0.2, 0) is 0 Å². The first-order valence-corrected chi connectivity index (χ1v) is 6.17. The number of aryl methyl sites for hydroxylation is 2. The fraction of sp³-hybridized carbons (Fsp3) is 0.133. The molecule has 18 heavy (non-hydrogen) atoms. The van der Waals surface area contributed by atoms with Gasteiger partial charge in [-0.15, -0.1) is 0 Å². The number of carbonyl (C=O) groups is 1. The third-order valence-corrected chi connectivity index (χ3v) is 3.54. The first-order chi connectivity index (χ1) is 8.58. The second kappa shape index (κ2) is 3.85. The molecule has 1 aliphatic rings. The van der Waals surface area contributed by atoms with Gasteiger partial charge in [-0.1, -0.05) is 23.7 Å². The fourth-order valence-corrected chi connectivity index (χ4v) is 2.55. The predicted octanol–water partition coefficient (Wildman–Crippen LogP) is 3.95. The quantitative estimate of drug-likeness (QED) is 0.758. The van der Waals surface area contributed by atoms with Crippen molar-refractivity contribution in [2.45, 2.75) is 13.8 Å². The van der Waals surface area contributed by atoms with Gasteiger partial charge in [-0.25, -0.2) is 0 Å². The Hall–Kier alpha value is -1.80. The van der Waals surface area contributed by atoms with E-state index in [4.69, 9.17) is 11.6 Å². The molecule has 2 heterocycles. The largest absolute Gasteiger partial charge is 0.281 e. The van der Waals surface area contributed by atoms with E-state index in [-0.39, 0.29) is 5.91 Å². The van der Waals surface area contributed by atoms with Crippen LogP contribution in [0.15, 0.2) is 30.3 Å². The Labute approximate surface area is 111 Å². The zero-order valence-corrected chi connectivity index (χ0v) is 11.0. The standard InChI is InChI=1S/C15H12ClNO/c1-9-7-10(2)17-14(9)8-13(15(17)18)11-3-5-12(16)6-4-11/h3-8H,1-2H3.